The van der Waals surface area contributed by atoms with Crippen molar-refractivity contribution in [1.29, 1.82) is 0 Å². The van der Waals surface area contributed by atoms with Crippen molar-refractivity contribution in [3.8, 4) is 0 Å². The second-order valence-corrected chi connectivity index (χ2v) is 11.6. The van der Waals surface area contributed by atoms with E-state index in [-0.39, 0.29) is 30.3 Å². The number of likely N-dealkylation sites (tertiary alicyclic amines) is 1. The Kier molecular flexibility index (Phi) is 6.78. The SMILES string of the molecule is CSc1cccc(NC(=O)[C@H]2[C@@H]3C=C[C@]4(O3)[C@@H]2C(=O)N(Cc2ccccc2)[C@H]4C(=O)NC2CCCCC2)c1. The first-order valence-corrected chi connectivity index (χ1v) is 14.7. The second-order valence-electron chi connectivity index (χ2n) is 10.7. The molecule has 1 aliphatic carbocycles. The number of carbonyl (C=O) groups excluding carboxylic acids is 3. The Labute approximate surface area is 227 Å². The molecule has 2 N–H and O–H groups in total. The Morgan fingerprint density at radius 3 is 2.61 bits per heavy atom. The summed E-state index contributed by atoms with van der Waals surface area (Å²) in [5.41, 5.74) is 0.459. The van der Waals surface area contributed by atoms with Gasteiger partial charge in [0.05, 0.1) is 17.9 Å². The smallest absolute Gasteiger partial charge is 0.246 e. The number of benzene rings is 2. The van der Waals surface area contributed by atoms with Gasteiger partial charge in [-0.1, -0.05) is 67.8 Å². The normalized spacial score (nSPS) is 29.9. The van der Waals surface area contributed by atoms with Gasteiger partial charge in [0.2, 0.25) is 17.7 Å². The molecule has 2 aromatic carbocycles. The molecular formula is C30H33N3O4S. The number of ether oxygens (including phenoxy) is 1. The van der Waals surface area contributed by atoms with Crippen LogP contribution in [0.4, 0.5) is 5.69 Å². The average molecular weight is 532 g/mol. The average Bonchev–Trinajstić information content (AvgIpc) is 3.57. The van der Waals surface area contributed by atoms with Crippen LogP contribution in [0.25, 0.3) is 0 Å². The molecule has 1 saturated carbocycles. The number of carbonyl (C=O) groups is 3. The van der Waals surface area contributed by atoms with Gasteiger partial charge in [-0.15, -0.1) is 11.8 Å². The van der Waals surface area contributed by atoms with Crippen molar-refractivity contribution >= 4 is 35.2 Å². The molecular weight excluding hydrogens is 498 g/mol. The minimum Gasteiger partial charge on any atom is -0.359 e. The van der Waals surface area contributed by atoms with Crippen LogP contribution in [-0.2, 0) is 25.7 Å². The lowest BCUT2D eigenvalue weighted by atomic mass is 9.74. The number of nitrogens with one attached hydrogen (secondary N) is 2. The first-order valence-electron chi connectivity index (χ1n) is 13.5. The van der Waals surface area contributed by atoms with Gasteiger partial charge in [-0.2, -0.15) is 0 Å². The van der Waals surface area contributed by atoms with Gasteiger partial charge in [0.25, 0.3) is 0 Å². The van der Waals surface area contributed by atoms with Gasteiger partial charge in [-0.3, -0.25) is 14.4 Å². The van der Waals surface area contributed by atoms with Crippen molar-refractivity contribution in [2.45, 2.75) is 67.3 Å². The maximum Gasteiger partial charge on any atom is 0.246 e. The zero-order chi connectivity index (χ0) is 26.3. The van der Waals surface area contributed by atoms with Gasteiger partial charge in [0.15, 0.2) is 0 Å². The minimum absolute atomic E-state index is 0.103. The van der Waals surface area contributed by atoms with Crippen molar-refractivity contribution in [2.75, 3.05) is 11.6 Å². The van der Waals surface area contributed by atoms with Gasteiger partial charge < -0.3 is 20.3 Å². The zero-order valence-corrected chi connectivity index (χ0v) is 22.3. The quantitative estimate of drug-likeness (QED) is 0.414. The van der Waals surface area contributed by atoms with Crippen LogP contribution < -0.4 is 10.6 Å². The van der Waals surface area contributed by atoms with Gasteiger partial charge in [-0.05, 0) is 42.9 Å². The summed E-state index contributed by atoms with van der Waals surface area (Å²) in [6.45, 7) is 0.284. The molecule has 3 amide bonds. The summed E-state index contributed by atoms with van der Waals surface area (Å²) in [7, 11) is 0. The van der Waals surface area contributed by atoms with Crippen molar-refractivity contribution in [3.05, 3.63) is 72.3 Å². The molecule has 3 aliphatic heterocycles. The fraction of sp³-hybridized carbons (Fsp3) is 0.433. The fourth-order valence-corrected chi connectivity index (χ4v) is 7.13. The van der Waals surface area contributed by atoms with E-state index in [0.29, 0.717) is 5.69 Å². The van der Waals surface area contributed by atoms with E-state index in [0.717, 1.165) is 36.1 Å². The van der Waals surface area contributed by atoms with Crippen molar-refractivity contribution < 1.29 is 19.1 Å². The van der Waals surface area contributed by atoms with Gasteiger partial charge in [0.1, 0.15) is 11.6 Å². The molecule has 1 spiro atoms. The molecule has 3 fully saturated rings. The Balaban J connectivity index is 1.31. The maximum atomic E-state index is 14.1. The standard InChI is InChI=1S/C30H33N3O4S/c1-38-22-14-8-13-21(17-22)32-27(34)24-23-15-16-30(37-23)25(24)29(36)33(18-19-9-4-2-5-10-19)26(30)28(35)31-20-11-6-3-7-12-20/h2,4-5,8-10,13-17,20,23-26H,3,6-7,11-12,18H2,1H3,(H,31,35)(H,32,34)/t23-,24-,25-,26-,30-/m0/s1. The molecule has 0 unspecified atom stereocenters. The van der Waals surface area contributed by atoms with Gasteiger partial charge in [0, 0.05) is 23.2 Å². The van der Waals surface area contributed by atoms with Crippen LogP contribution in [0.2, 0.25) is 0 Å². The molecule has 5 atom stereocenters. The number of anilines is 1. The molecule has 7 nitrogen and oxygen atoms in total. The Bertz CT molecular complexity index is 1260. The predicted molar refractivity (Wildman–Crippen MR) is 146 cm³/mol. The Morgan fingerprint density at radius 1 is 1.05 bits per heavy atom. The van der Waals surface area contributed by atoms with Gasteiger partial charge >= 0.3 is 0 Å². The molecule has 0 radical (unpaired) electrons. The summed E-state index contributed by atoms with van der Waals surface area (Å²) in [4.78, 5) is 44.3. The summed E-state index contributed by atoms with van der Waals surface area (Å²) in [6.07, 6.45) is 10.4. The lowest BCUT2D eigenvalue weighted by Crippen LogP contribution is -2.56. The third-order valence-corrected chi connectivity index (χ3v) is 9.13. The lowest BCUT2D eigenvalue weighted by Gasteiger charge is -2.34. The molecule has 4 aliphatic rings. The highest BCUT2D eigenvalue weighted by Crippen LogP contribution is 2.55. The number of nitrogens with zero attached hydrogens (tertiary/aromatic N) is 1. The van der Waals surface area contributed by atoms with E-state index >= 15 is 0 Å². The molecule has 38 heavy (non-hydrogen) atoms. The zero-order valence-electron chi connectivity index (χ0n) is 21.5. The van der Waals surface area contributed by atoms with E-state index in [1.54, 1.807) is 16.7 Å². The highest BCUT2D eigenvalue weighted by molar-refractivity contribution is 7.98. The van der Waals surface area contributed by atoms with Crippen LogP contribution in [-0.4, -0.2) is 52.7 Å². The molecule has 6 rings (SSSR count). The number of amides is 3. The van der Waals surface area contributed by atoms with Crippen LogP contribution >= 0.6 is 11.8 Å². The van der Waals surface area contributed by atoms with Crippen LogP contribution in [0.1, 0.15) is 37.7 Å². The van der Waals surface area contributed by atoms with E-state index in [2.05, 4.69) is 10.6 Å². The van der Waals surface area contributed by atoms with E-state index < -0.39 is 29.6 Å². The molecule has 2 aromatic rings. The first kappa shape index (κ1) is 25.2. The summed E-state index contributed by atoms with van der Waals surface area (Å²) >= 11 is 1.60. The minimum atomic E-state index is -1.15. The van der Waals surface area contributed by atoms with E-state index in [1.165, 1.54) is 6.42 Å². The summed E-state index contributed by atoms with van der Waals surface area (Å²) in [6, 6.07) is 16.6. The van der Waals surface area contributed by atoms with E-state index in [1.807, 2.05) is 73.0 Å². The van der Waals surface area contributed by atoms with Crippen LogP contribution in [0, 0.1) is 11.8 Å². The molecule has 8 heteroatoms. The van der Waals surface area contributed by atoms with Crippen LogP contribution in [0.15, 0.2) is 71.6 Å². The maximum absolute atomic E-state index is 14.1. The molecule has 2 saturated heterocycles. The number of rotatable bonds is 7. The summed E-state index contributed by atoms with van der Waals surface area (Å²) < 4.78 is 6.46. The Hall–Kier alpha value is -3.10. The lowest BCUT2D eigenvalue weighted by molar-refractivity contribution is -0.142. The third-order valence-electron chi connectivity index (χ3n) is 8.41. The molecule has 2 bridgehead atoms. The molecule has 198 valence electrons. The fourth-order valence-electron chi connectivity index (χ4n) is 6.67. The topological polar surface area (TPSA) is 87.7 Å². The summed E-state index contributed by atoms with van der Waals surface area (Å²) in [5.74, 6) is -2.13. The van der Waals surface area contributed by atoms with Gasteiger partial charge in [-0.25, -0.2) is 0 Å². The highest BCUT2D eigenvalue weighted by atomic mass is 32.2. The van der Waals surface area contributed by atoms with Crippen molar-refractivity contribution in [1.82, 2.24) is 10.2 Å². The van der Waals surface area contributed by atoms with E-state index in [4.69, 9.17) is 4.74 Å². The highest BCUT2D eigenvalue weighted by Gasteiger charge is 2.72. The Morgan fingerprint density at radius 2 is 1.84 bits per heavy atom. The number of thioether (sulfide) groups is 1. The third kappa shape index (κ3) is 4.33. The second kappa shape index (κ2) is 10.2. The first-order chi connectivity index (χ1) is 18.5. The van der Waals surface area contributed by atoms with Crippen LogP contribution in [0.3, 0.4) is 0 Å². The monoisotopic (exact) mass is 531 g/mol. The van der Waals surface area contributed by atoms with Crippen molar-refractivity contribution in [2.24, 2.45) is 11.8 Å². The number of fused-ring (bicyclic) bond motifs is 1. The number of hydrogen-bond donors (Lipinski definition) is 2. The predicted octanol–water partition coefficient (Wildman–Crippen LogP) is 4.15. The molecule has 3 heterocycles. The number of hydrogen-bond acceptors (Lipinski definition) is 5. The van der Waals surface area contributed by atoms with Crippen LogP contribution in [0.5, 0.6) is 0 Å². The van der Waals surface area contributed by atoms with E-state index in [9.17, 15) is 14.4 Å². The summed E-state index contributed by atoms with van der Waals surface area (Å²) in [5, 5.41) is 6.24. The largest absolute Gasteiger partial charge is 0.359 e. The molecule has 0 aromatic heterocycles. The van der Waals surface area contributed by atoms with Crippen molar-refractivity contribution in [3.63, 3.8) is 0 Å².